The fourth-order valence-electron chi connectivity index (χ4n) is 3.93. The molecule has 1 fully saturated rings. The van der Waals surface area contributed by atoms with Gasteiger partial charge in [0, 0.05) is 41.6 Å². The van der Waals surface area contributed by atoms with Gasteiger partial charge in [-0.2, -0.15) is 0 Å². The van der Waals surface area contributed by atoms with Crippen molar-refractivity contribution >= 4 is 31.6 Å². The van der Waals surface area contributed by atoms with Gasteiger partial charge in [-0.25, -0.2) is 13.1 Å². The average Bonchev–Trinajstić information content (AvgIpc) is 2.72. The summed E-state index contributed by atoms with van der Waals surface area (Å²) >= 11 is 3.40. The molecule has 0 amide bonds. The summed E-state index contributed by atoms with van der Waals surface area (Å²) < 4.78 is 29.0. The first kappa shape index (κ1) is 22.6. The summed E-state index contributed by atoms with van der Waals surface area (Å²) in [5, 5.41) is 21.1. The van der Waals surface area contributed by atoms with Gasteiger partial charge in [-0.15, -0.1) is 6.58 Å². The second-order valence-corrected chi connectivity index (χ2v) is 9.61. The number of nitro groups is 1. The van der Waals surface area contributed by atoms with Crippen molar-refractivity contribution in [2.45, 2.75) is 22.9 Å². The summed E-state index contributed by atoms with van der Waals surface area (Å²) in [7, 11) is -4.10. The van der Waals surface area contributed by atoms with Crippen LogP contribution in [0.3, 0.4) is 0 Å². The largest absolute Gasteiger partial charge is 0.395 e. The first-order chi connectivity index (χ1) is 14.3. The van der Waals surface area contributed by atoms with Crippen LogP contribution in [0, 0.1) is 10.1 Å². The summed E-state index contributed by atoms with van der Waals surface area (Å²) in [4.78, 5) is 12.1. The van der Waals surface area contributed by atoms with Gasteiger partial charge in [0.15, 0.2) is 4.90 Å². The number of sulfonamides is 1. The molecule has 160 valence electrons. The molecule has 0 saturated carbocycles. The smallest absolute Gasteiger partial charge is 0.289 e. The Morgan fingerprint density at radius 2 is 1.87 bits per heavy atom. The van der Waals surface area contributed by atoms with Gasteiger partial charge in [0.2, 0.25) is 10.0 Å². The van der Waals surface area contributed by atoms with E-state index in [0.29, 0.717) is 6.54 Å². The molecule has 2 aromatic rings. The number of nitrogens with zero attached hydrogens (tertiary/aromatic N) is 2. The third kappa shape index (κ3) is 4.47. The number of aliphatic hydroxyl groups excluding tert-OH is 1. The van der Waals surface area contributed by atoms with Crippen LogP contribution in [0.4, 0.5) is 5.69 Å². The van der Waals surface area contributed by atoms with Gasteiger partial charge in [-0.3, -0.25) is 15.0 Å². The minimum absolute atomic E-state index is 0.0411. The topological polar surface area (TPSA) is 113 Å². The Balaban J connectivity index is 1.86. The number of hydrogen-bond acceptors (Lipinski definition) is 6. The van der Waals surface area contributed by atoms with Crippen LogP contribution in [0.15, 0.2) is 70.6 Å². The van der Waals surface area contributed by atoms with Gasteiger partial charge in [-0.1, -0.05) is 46.3 Å². The van der Waals surface area contributed by atoms with E-state index < -0.39 is 20.6 Å². The molecule has 0 aliphatic carbocycles. The maximum absolute atomic E-state index is 12.8. The average molecular weight is 496 g/mol. The highest BCUT2D eigenvalue weighted by atomic mass is 79.9. The van der Waals surface area contributed by atoms with Crippen LogP contribution in [-0.4, -0.2) is 55.1 Å². The second-order valence-electron chi connectivity index (χ2n) is 6.96. The van der Waals surface area contributed by atoms with E-state index in [4.69, 9.17) is 0 Å². The Labute approximate surface area is 183 Å². The zero-order chi connectivity index (χ0) is 21.9. The zero-order valence-corrected chi connectivity index (χ0v) is 18.4. The monoisotopic (exact) mass is 495 g/mol. The second kappa shape index (κ2) is 9.36. The van der Waals surface area contributed by atoms with Crippen molar-refractivity contribution in [1.82, 2.24) is 9.62 Å². The van der Waals surface area contributed by atoms with Crippen LogP contribution in [0.5, 0.6) is 0 Å². The Morgan fingerprint density at radius 1 is 1.20 bits per heavy atom. The van der Waals surface area contributed by atoms with Crippen LogP contribution in [0.25, 0.3) is 0 Å². The Kier molecular flexibility index (Phi) is 7.04. The molecule has 30 heavy (non-hydrogen) atoms. The third-order valence-electron chi connectivity index (χ3n) is 5.30. The summed E-state index contributed by atoms with van der Waals surface area (Å²) in [5.41, 5.74) is 0.506. The lowest BCUT2D eigenvalue weighted by molar-refractivity contribution is -0.387. The summed E-state index contributed by atoms with van der Waals surface area (Å²) in [5.74, 6) is -0.100. The van der Waals surface area contributed by atoms with Crippen molar-refractivity contribution in [3.63, 3.8) is 0 Å². The van der Waals surface area contributed by atoms with E-state index >= 15 is 0 Å². The lowest BCUT2D eigenvalue weighted by Gasteiger charge is -2.55. The van der Waals surface area contributed by atoms with Gasteiger partial charge in [-0.05, 0) is 23.8 Å². The van der Waals surface area contributed by atoms with Crippen LogP contribution in [0.1, 0.15) is 11.5 Å². The molecule has 0 aromatic heterocycles. The van der Waals surface area contributed by atoms with E-state index in [2.05, 4.69) is 27.2 Å². The molecule has 0 radical (unpaired) electrons. The Morgan fingerprint density at radius 3 is 2.47 bits per heavy atom. The maximum Gasteiger partial charge on any atom is 0.289 e. The zero-order valence-electron chi connectivity index (χ0n) is 16.0. The summed E-state index contributed by atoms with van der Waals surface area (Å²) in [6.45, 7) is 4.18. The quantitative estimate of drug-likeness (QED) is 0.314. The molecule has 2 N–H and O–H groups in total. The van der Waals surface area contributed by atoms with Gasteiger partial charge < -0.3 is 5.11 Å². The molecule has 10 heteroatoms. The number of nitrogens with one attached hydrogen (secondary N) is 1. The van der Waals surface area contributed by atoms with E-state index in [1.54, 1.807) is 6.08 Å². The number of para-hydroxylation sites is 1. The highest BCUT2D eigenvalue weighted by molar-refractivity contribution is 9.10. The number of halogens is 1. The number of rotatable bonds is 9. The highest BCUT2D eigenvalue weighted by Gasteiger charge is 2.48. The molecule has 1 saturated heterocycles. The first-order valence-corrected chi connectivity index (χ1v) is 11.5. The van der Waals surface area contributed by atoms with Crippen molar-refractivity contribution in [2.75, 3.05) is 19.7 Å². The van der Waals surface area contributed by atoms with Gasteiger partial charge in [0.05, 0.1) is 11.5 Å². The van der Waals surface area contributed by atoms with E-state index in [0.717, 1.165) is 16.1 Å². The van der Waals surface area contributed by atoms with Gasteiger partial charge >= 0.3 is 0 Å². The number of nitro benzene ring substituents is 1. The molecule has 3 atom stereocenters. The normalized spacial score (nSPS) is 21.7. The minimum atomic E-state index is -4.10. The standard InChI is InChI=1S/C20H22BrN3O5S/c1-2-11-23-17(20(18(23)13-25)14-7-9-15(21)10-8-14)12-22-30(28,29)19-6-4-3-5-16(19)24(26)27/h2-10,17-18,20,22,25H,1,11-13H2/t17-,18+,20-/m0/s1. The summed E-state index contributed by atoms with van der Waals surface area (Å²) in [6.07, 6.45) is 1.70. The lowest BCUT2D eigenvalue weighted by Crippen LogP contribution is -2.66. The SMILES string of the molecule is C=CCN1[C@H](CO)[C@@H](c2ccc(Br)cc2)[C@@H]1CNS(=O)(=O)c1ccccc1[N+](=O)[O-]. The van der Waals surface area contributed by atoms with Gasteiger partial charge in [0.1, 0.15) is 0 Å². The summed E-state index contributed by atoms with van der Waals surface area (Å²) in [6, 6.07) is 12.5. The van der Waals surface area contributed by atoms with Crippen molar-refractivity contribution in [3.05, 3.63) is 81.3 Å². The molecule has 0 bridgehead atoms. The minimum Gasteiger partial charge on any atom is -0.395 e. The van der Waals surface area contributed by atoms with E-state index in [1.807, 2.05) is 29.2 Å². The molecular weight excluding hydrogens is 474 g/mol. The molecule has 0 unspecified atom stereocenters. The van der Waals surface area contributed by atoms with Crippen LogP contribution in [-0.2, 0) is 10.0 Å². The molecule has 1 heterocycles. The van der Waals surface area contributed by atoms with Crippen molar-refractivity contribution in [3.8, 4) is 0 Å². The molecular formula is C20H22BrN3O5S. The number of hydrogen-bond donors (Lipinski definition) is 2. The highest BCUT2D eigenvalue weighted by Crippen LogP contribution is 2.40. The fraction of sp³-hybridized carbons (Fsp3) is 0.300. The number of likely N-dealkylation sites (tertiary alicyclic amines) is 1. The fourth-order valence-corrected chi connectivity index (χ4v) is 5.42. The number of benzene rings is 2. The Bertz CT molecular complexity index is 1030. The van der Waals surface area contributed by atoms with Crippen LogP contribution < -0.4 is 4.72 Å². The van der Waals surface area contributed by atoms with Crippen LogP contribution >= 0.6 is 15.9 Å². The van der Waals surface area contributed by atoms with Crippen molar-refractivity contribution < 1.29 is 18.4 Å². The molecule has 8 nitrogen and oxygen atoms in total. The van der Waals surface area contributed by atoms with E-state index in [9.17, 15) is 23.6 Å². The molecule has 2 aromatic carbocycles. The lowest BCUT2D eigenvalue weighted by atomic mass is 9.75. The molecule has 3 rings (SSSR count). The van der Waals surface area contributed by atoms with Crippen molar-refractivity contribution in [1.29, 1.82) is 0 Å². The maximum atomic E-state index is 12.8. The molecule has 1 aliphatic rings. The van der Waals surface area contributed by atoms with E-state index in [1.165, 1.54) is 18.2 Å². The van der Waals surface area contributed by atoms with Crippen molar-refractivity contribution in [2.24, 2.45) is 0 Å². The van der Waals surface area contributed by atoms with E-state index in [-0.39, 0.29) is 36.0 Å². The van der Waals surface area contributed by atoms with Gasteiger partial charge in [0.25, 0.3) is 5.69 Å². The number of aliphatic hydroxyl groups is 1. The predicted molar refractivity (Wildman–Crippen MR) is 117 cm³/mol. The predicted octanol–water partition coefficient (Wildman–Crippen LogP) is 2.65. The van der Waals surface area contributed by atoms with Crippen LogP contribution in [0.2, 0.25) is 0 Å². The Hall–Kier alpha value is -2.11. The third-order valence-corrected chi connectivity index (χ3v) is 7.30. The first-order valence-electron chi connectivity index (χ1n) is 9.26. The molecule has 1 aliphatic heterocycles. The molecule has 0 spiro atoms.